The van der Waals surface area contributed by atoms with Crippen LogP contribution in [0.4, 0.5) is 17.1 Å². The Labute approximate surface area is 356 Å². The van der Waals surface area contributed by atoms with E-state index in [0.29, 0.717) is 0 Å². The highest BCUT2D eigenvalue weighted by molar-refractivity contribution is 6.21. The van der Waals surface area contributed by atoms with Crippen LogP contribution in [0, 0.1) is 0 Å². The zero-order valence-electron chi connectivity index (χ0n) is 33.6. The smallest absolute Gasteiger partial charge is 0.0540 e. The van der Waals surface area contributed by atoms with Crippen LogP contribution in [0.25, 0.3) is 88.6 Å². The topological polar surface area (TPSA) is 3.24 Å². The van der Waals surface area contributed by atoms with E-state index in [0.717, 1.165) is 17.1 Å². The summed E-state index contributed by atoms with van der Waals surface area (Å²) < 4.78 is 0. The number of benzene rings is 11. The molecule has 11 aromatic rings. The van der Waals surface area contributed by atoms with Gasteiger partial charge in [0.15, 0.2) is 0 Å². The lowest BCUT2D eigenvalue weighted by Crippen LogP contribution is -2.10. The summed E-state index contributed by atoms with van der Waals surface area (Å²) in [5, 5.41) is 9.97. The van der Waals surface area contributed by atoms with E-state index < -0.39 is 0 Å². The van der Waals surface area contributed by atoms with E-state index in [-0.39, 0.29) is 0 Å². The summed E-state index contributed by atoms with van der Waals surface area (Å²) in [7, 11) is 0. The third-order valence-corrected chi connectivity index (χ3v) is 12.0. The molecule has 0 radical (unpaired) electrons. The van der Waals surface area contributed by atoms with Gasteiger partial charge in [-0.2, -0.15) is 0 Å². The van der Waals surface area contributed by atoms with Gasteiger partial charge in [-0.3, -0.25) is 0 Å². The zero-order valence-corrected chi connectivity index (χ0v) is 33.6. The van der Waals surface area contributed by atoms with Crippen molar-refractivity contribution in [1.29, 1.82) is 0 Å². The number of anilines is 3. The van der Waals surface area contributed by atoms with Crippen LogP contribution < -0.4 is 4.90 Å². The van der Waals surface area contributed by atoms with Crippen LogP contribution in [0.2, 0.25) is 0 Å². The summed E-state index contributed by atoms with van der Waals surface area (Å²) in [5.74, 6) is 0. The number of rotatable bonds is 8. The first kappa shape index (κ1) is 36.1. The van der Waals surface area contributed by atoms with E-state index in [1.807, 2.05) is 0 Å². The SMILES string of the molecule is C(=Cc1ccc(-c2c3ccccc3c(-c3ccc(N(c4ccccc4)c4cccc5ccccc45)cc3)c3ccccc23)cc1)c1ccc(-c2cccc3ccccc23)cc1. The molecule has 0 aliphatic carbocycles. The fourth-order valence-corrected chi connectivity index (χ4v) is 9.14. The van der Waals surface area contributed by atoms with Gasteiger partial charge in [0.05, 0.1) is 5.69 Å². The van der Waals surface area contributed by atoms with E-state index >= 15 is 0 Å². The molecule has 286 valence electrons. The van der Waals surface area contributed by atoms with Crippen molar-refractivity contribution < 1.29 is 0 Å². The van der Waals surface area contributed by atoms with Crippen LogP contribution >= 0.6 is 0 Å². The van der Waals surface area contributed by atoms with Gasteiger partial charge in [-0.15, -0.1) is 0 Å². The van der Waals surface area contributed by atoms with Crippen LogP contribution in [-0.2, 0) is 0 Å². The van der Waals surface area contributed by atoms with E-state index in [2.05, 4.69) is 254 Å². The molecule has 0 amide bonds. The number of fused-ring (bicyclic) bond motifs is 4. The van der Waals surface area contributed by atoms with Crippen molar-refractivity contribution in [1.82, 2.24) is 0 Å². The molecule has 0 heterocycles. The van der Waals surface area contributed by atoms with Gasteiger partial charge in [-0.1, -0.05) is 218 Å². The molecule has 0 bridgehead atoms. The highest BCUT2D eigenvalue weighted by Crippen LogP contribution is 2.45. The van der Waals surface area contributed by atoms with Crippen molar-refractivity contribution >= 4 is 72.3 Å². The predicted octanol–water partition coefficient (Wildman–Crippen LogP) is 16.9. The van der Waals surface area contributed by atoms with Crippen molar-refractivity contribution in [2.24, 2.45) is 0 Å². The first-order chi connectivity index (χ1) is 30.3. The van der Waals surface area contributed by atoms with Crippen LogP contribution in [0.3, 0.4) is 0 Å². The Bertz CT molecular complexity index is 3310. The second-order valence-corrected chi connectivity index (χ2v) is 15.7. The molecule has 0 unspecified atom stereocenters. The van der Waals surface area contributed by atoms with E-state index in [4.69, 9.17) is 0 Å². The molecule has 0 aromatic heterocycles. The van der Waals surface area contributed by atoms with Gasteiger partial charge in [0, 0.05) is 16.8 Å². The molecule has 11 aromatic carbocycles. The molecule has 0 spiro atoms. The van der Waals surface area contributed by atoms with Crippen molar-refractivity contribution in [2.45, 2.75) is 0 Å². The number of nitrogens with zero attached hydrogens (tertiary/aromatic N) is 1. The highest BCUT2D eigenvalue weighted by atomic mass is 15.1. The lowest BCUT2D eigenvalue weighted by atomic mass is 9.86. The van der Waals surface area contributed by atoms with E-state index in [1.165, 1.54) is 87.6 Å². The van der Waals surface area contributed by atoms with Crippen molar-refractivity contribution in [3.8, 4) is 33.4 Å². The second kappa shape index (κ2) is 15.6. The minimum atomic E-state index is 1.11. The fraction of sp³-hybridized carbons (Fsp3) is 0. The van der Waals surface area contributed by atoms with Crippen LogP contribution in [0.1, 0.15) is 11.1 Å². The van der Waals surface area contributed by atoms with Crippen molar-refractivity contribution in [3.05, 3.63) is 248 Å². The Hall–Kier alpha value is -8.00. The molecule has 61 heavy (non-hydrogen) atoms. The summed E-state index contributed by atoms with van der Waals surface area (Å²) in [6.45, 7) is 0. The maximum Gasteiger partial charge on any atom is 0.0540 e. The Balaban J connectivity index is 0.933. The van der Waals surface area contributed by atoms with Gasteiger partial charge in [0.25, 0.3) is 0 Å². The van der Waals surface area contributed by atoms with Gasteiger partial charge in [-0.25, -0.2) is 0 Å². The summed E-state index contributed by atoms with van der Waals surface area (Å²) in [6, 6.07) is 85.8. The normalized spacial score (nSPS) is 11.5. The minimum absolute atomic E-state index is 1.11. The van der Waals surface area contributed by atoms with Crippen LogP contribution in [0.15, 0.2) is 237 Å². The molecule has 0 saturated carbocycles. The van der Waals surface area contributed by atoms with Crippen molar-refractivity contribution in [2.75, 3.05) is 4.90 Å². The number of para-hydroxylation sites is 1. The maximum atomic E-state index is 2.37. The molecule has 0 saturated heterocycles. The van der Waals surface area contributed by atoms with Gasteiger partial charge in [-0.05, 0) is 113 Å². The predicted molar refractivity (Wildman–Crippen MR) is 263 cm³/mol. The third kappa shape index (κ3) is 6.73. The molecule has 11 rings (SSSR count). The van der Waals surface area contributed by atoms with Crippen LogP contribution in [0.5, 0.6) is 0 Å². The average Bonchev–Trinajstić information content (AvgIpc) is 3.33. The molecule has 0 fully saturated rings. The summed E-state index contributed by atoms with van der Waals surface area (Å²) in [4.78, 5) is 2.37. The molecule has 0 aliphatic heterocycles. The first-order valence-electron chi connectivity index (χ1n) is 21.0. The van der Waals surface area contributed by atoms with E-state index in [9.17, 15) is 0 Å². The van der Waals surface area contributed by atoms with Gasteiger partial charge in [0.1, 0.15) is 0 Å². The highest BCUT2D eigenvalue weighted by Gasteiger charge is 2.19. The molecular weight excluding hydrogens is 735 g/mol. The molecule has 0 atom stereocenters. The minimum Gasteiger partial charge on any atom is -0.310 e. The quantitative estimate of drug-likeness (QED) is 0.110. The van der Waals surface area contributed by atoms with Gasteiger partial charge >= 0.3 is 0 Å². The zero-order chi connectivity index (χ0) is 40.5. The standard InChI is InChI=1S/C60H41N/c1-2-18-49(19-3-1)61(58-27-13-17-45-15-5-7-21-53(45)58)50-40-38-48(39-41-50)60-56-24-10-8-22-54(56)59(55-23-9-11-25-57(55)60)47-36-32-43(33-37-47)29-28-42-30-34-46(35-31-42)52-26-12-16-44-14-4-6-20-51(44)52/h1-41H. The Morgan fingerprint density at radius 3 is 1.21 bits per heavy atom. The van der Waals surface area contributed by atoms with Gasteiger partial charge in [0.2, 0.25) is 0 Å². The molecule has 1 heteroatoms. The van der Waals surface area contributed by atoms with E-state index in [1.54, 1.807) is 0 Å². The second-order valence-electron chi connectivity index (χ2n) is 15.7. The molecule has 1 nitrogen and oxygen atoms in total. The summed E-state index contributed by atoms with van der Waals surface area (Å²) >= 11 is 0. The fourth-order valence-electron chi connectivity index (χ4n) is 9.14. The first-order valence-corrected chi connectivity index (χ1v) is 21.0. The monoisotopic (exact) mass is 775 g/mol. The molecule has 0 N–H and O–H groups in total. The lowest BCUT2D eigenvalue weighted by molar-refractivity contribution is 1.30. The summed E-state index contributed by atoms with van der Waals surface area (Å²) in [6.07, 6.45) is 4.41. The number of hydrogen-bond donors (Lipinski definition) is 0. The number of hydrogen-bond acceptors (Lipinski definition) is 1. The van der Waals surface area contributed by atoms with Gasteiger partial charge < -0.3 is 4.90 Å². The summed E-state index contributed by atoms with van der Waals surface area (Å²) in [5.41, 5.74) is 13.1. The molecule has 0 aliphatic rings. The average molecular weight is 776 g/mol. The van der Waals surface area contributed by atoms with Crippen LogP contribution in [-0.4, -0.2) is 0 Å². The third-order valence-electron chi connectivity index (χ3n) is 12.0. The largest absolute Gasteiger partial charge is 0.310 e. The van der Waals surface area contributed by atoms with Crippen molar-refractivity contribution in [3.63, 3.8) is 0 Å². The Morgan fingerprint density at radius 2 is 0.656 bits per heavy atom. The lowest BCUT2D eigenvalue weighted by Gasteiger charge is -2.27. The maximum absolute atomic E-state index is 2.37. The Kier molecular flexibility index (Phi) is 9.26. The molecular formula is C60H41N. The Morgan fingerprint density at radius 1 is 0.262 bits per heavy atom.